The van der Waals surface area contributed by atoms with Gasteiger partial charge in [0.25, 0.3) is 0 Å². The van der Waals surface area contributed by atoms with Crippen LogP contribution in [-0.2, 0) is 4.79 Å². The Balaban J connectivity index is 1.67. The SMILES string of the molecule is COc1ccc(/C=C(/Sc2nnc3c(n2)[nH]c2ccccc23)C(=O)O)cc1. The highest BCUT2D eigenvalue weighted by atomic mass is 32.2. The number of nitrogens with zero attached hydrogens (tertiary/aromatic N) is 3. The van der Waals surface area contributed by atoms with Crippen LogP contribution in [0.2, 0.25) is 0 Å². The lowest BCUT2D eigenvalue weighted by atomic mass is 10.2. The molecule has 4 rings (SSSR count). The summed E-state index contributed by atoms with van der Waals surface area (Å²) in [6.45, 7) is 0. The van der Waals surface area contributed by atoms with Crippen molar-refractivity contribution in [3.63, 3.8) is 0 Å². The average Bonchev–Trinajstić information content (AvgIpc) is 3.05. The number of carboxylic acid groups (broad SMARTS) is 1. The van der Waals surface area contributed by atoms with E-state index in [9.17, 15) is 9.90 Å². The number of benzene rings is 2. The second-order valence-corrected chi connectivity index (χ2v) is 6.66. The van der Waals surface area contributed by atoms with Crippen LogP contribution in [0.1, 0.15) is 5.56 Å². The van der Waals surface area contributed by atoms with Crippen molar-refractivity contribution >= 4 is 45.9 Å². The molecule has 8 heteroatoms. The van der Waals surface area contributed by atoms with Crippen LogP contribution in [0, 0.1) is 0 Å². The number of carbonyl (C=O) groups is 1. The van der Waals surface area contributed by atoms with E-state index in [4.69, 9.17) is 4.74 Å². The van der Waals surface area contributed by atoms with E-state index in [1.54, 1.807) is 37.5 Å². The lowest BCUT2D eigenvalue weighted by molar-refractivity contribution is -0.131. The maximum Gasteiger partial charge on any atom is 0.342 e. The molecule has 0 spiro atoms. The molecule has 27 heavy (non-hydrogen) atoms. The first-order chi connectivity index (χ1) is 13.1. The quantitative estimate of drug-likeness (QED) is 0.403. The summed E-state index contributed by atoms with van der Waals surface area (Å²) >= 11 is 0.952. The van der Waals surface area contributed by atoms with Crippen molar-refractivity contribution < 1.29 is 14.6 Å². The van der Waals surface area contributed by atoms with Crippen molar-refractivity contribution in [1.82, 2.24) is 20.2 Å². The summed E-state index contributed by atoms with van der Waals surface area (Å²) in [5, 5.41) is 19.0. The number of aliphatic carboxylic acids is 1. The van der Waals surface area contributed by atoms with Crippen LogP contribution in [0.3, 0.4) is 0 Å². The third-order valence-corrected chi connectivity index (χ3v) is 4.80. The molecule has 0 saturated heterocycles. The summed E-state index contributed by atoms with van der Waals surface area (Å²) < 4.78 is 5.11. The fourth-order valence-corrected chi connectivity index (χ4v) is 3.33. The highest BCUT2D eigenvalue weighted by Crippen LogP contribution is 2.28. The van der Waals surface area contributed by atoms with Gasteiger partial charge in [-0.2, -0.15) is 0 Å². The predicted molar refractivity (Wildman–Crippen MR) is 104 cm³/mol. The lowest BCUT2D eigenvalue weighted by Gasteiger charge is -2.03. The van der Waals surface area contributed by atoms with Gasteiger partial charge >= 0.3 is 5.97 Å². The molecule has 2 N–H and O–H groups in total. The zero-order chi connectivity index (χ0) is 18.8. The highest BCUT2D eigenvalue weighted by molar-refractivity contribution is 8.04. The van der Waals surface area contributed by atoms with E-state index in [0.29, 0.717) is 16.9 Å². The Morgan fingerprint density at radius 3 is 2.67 bits per heavy atom. The van der Waals surface area contributed by atoms with Crippen molar-refractivity contribution in [2.75, 3.05) is 7.11 Å². The van der Waals surface area contributed by atoms with Gasteiger partial charge in [0.1, 0.15) is 16.2 Å². The van der Waals surface area contributed by atoms with Crippen LogP contribution in [0.4, 0.5) is 0 Å². The summed E-state index contributed by atoms with van der Waals surface area (Å²) in [7, 11) is 1.58. The Labute approximate surface area is 158 Å². The molecule has 0 saturated carbocycles. The number of hydrogen-bond acceptors (Lipinski definition) is 6. The maximum atomic E-state index is 11.6. The molecule has 0 aliphatic heterocycles. The normalized spacial score (nSPS) is 11.8. The predicted octanol–water partition coefficient (Wildman–Crippen LogP) is 3.73. The summed E-state index contributed by atoms with van der Waals surface area (Å²) in [5.74, 6) is -0.357. The number of thioether (sulfide) groups is 1. The van der Waals surface area contributed by atoms with Crippen molar-refractivity contribution in [1.29, 1.82) is 0 Å². The highest BCUT2D eigenvalue weighted by Gasteiger charge is 2.15. The van der Waals surface area contributed by atoms with Gasteiger partial charge in [-0.25, -0.2) is 9.78 Å². The molecule has 0 aliphatic rings. The van der Waals surface area contributed by atoms with Crippen LogP contribution >= 0.6 is 11.8 Å². The van der Waals surface area contributed by atoms with Crippen molar-refractivity contribution in [2.24, 2.45) is 0 Å². The number of aromatic nitrogens is 4. The Morgan fingerprint density at radius 1 is 1.15 bits per heavy atom. The third-order valence-electron chi connectivity index (χ3n) is 3.93. The van der Waals surface area contributed by atoms with Crippen LogP contribution < -0.4 is 4.74 Å². The first-order valence-electron chi connectivity index (χ1n) is 8.02. The number of ether oxygens (including phenoxy) is 1. The van der Waals surface area contributed by atoms with Crippen molar-refractivity contribution in [2.45, 2.75) is 5.16 Å². The molecule has 2 aromatic heterocycles. The number of para-hydroxylation sites is 1. The van der Waals surface area contributed by atoms with E-state index < -0.39 is 5.97 Å². The van der Waals surface area contributed by atoms with Gasteiger partial charge in [0.15, 0.2) is 5.65 Å². The van der Waals surface area contributed by atoms with Crippen LogP contribution in [-0.4, -0.2) is 38.4 Å². The number of aromatic amines is 1. The molecule has 0 aliphatic carbocycles. The van der Waals surface area contributed by atoms with Crippen LogP contribution in [0.5, 0.6) is 5.75 Å². The average molecular weight is 378 g/mol. The largest absolute Gasteiger partial charge is 0.497 e. The molecule has 134 valence electrons. The molecule has 4 aromatic rings. The summed E-state index contributed by atoms with van der Waals surface area (Å²) in [6.07, 6.45) is 1.56. The molecule has 0 fully saturated rings. The topological polar surface area (TPSA) is 101 Å². The van der Waals surface area contributed by atoms with E-state index in [1.807, 2.05) is 24.3 Å². The molecule has 7 nitrogen and oxygen atoms in total. The second kappa shape index (κ2) is 7.08. The number of nitrogens with one attached hydrogen (secondary N) is 1. The Kier molecular flexibility index (Phi) is 4.47. The van der Waals surface area contributed by atoms with E-state index >= 15 is 0 Å². The van der Waals surface area contributed by atoms with Gasteiger partial charge in [-0.3, -0.25) is 0 Å². The summed E-state index contributed by atoms with van der Waals surface area (Å²) in [6, 6.07) is 14.8. The van der Waals surface area contributed by atoms with Gasteiger partial charge in [0.2, 0.25) is 5.16 Å². The van der Waals surface area contributed by atoms with Crippen molar-refractivity contribution in [3.05, 3.63) is 59.0 Å². The number of carboxylic acids is 1. The van der Waals surface area contributed by atoms with Crippen molar-refractivity contribution in [3.8, 4) is 5.75 Å². The smallest absolute Gasteiger partial charge is 0.342 e. The van der Waals surface area contributed by atoms with E-state index in [2.05, 4.69) is 20.2 Å². The van der Waals surface area contributed by atoms with Gasteiger partial charge in [-0.1, -0.05) is 30.3 Å². The lowest BCUT2D eigenvalue weighted by Crippen LogP contribution is -1.99. The summed E-state index contributed by atoms with van der Waals surface area (Å²) in [4.78, 5) is 19.3. The first-order valence-corrected chi connectivity index (χ1v) is 8.84. The van der Waals surface area contributed by atoms with Gasteiger partial charge in [0.05, 0.1) is 7.11 Å². The maximum absolute atomic E-state index is 11.6. The zero-order valence-electron chi connectivity index (χ0n) is 14.2. The van der Waals surface area contributed by atoms with Crippen LogP contribution in [0.15, 0.2) is 58.6 Å². The standard InChI is InChI=1S/C19H14N4O3S/c1-26-12-8-6-11(7-9-12)10-15(18(24)25)27-19-21-17-16(22-23-19)13-4-2-3-5-14(13)20-17/h2-10H,1H3,(H,24,25)(H,20,21,23)/b15-10+. The van der Waals surface area contributed by atoms with E-state index in [0.717, 1.165) is 28.2 Å². The zero-order valence-corrected chi connectivity index (χ0v) is 15.0. The molecular weight excluding hydrogens is 364 g/mol. The Morgan fingerprint density at radius 2 is 1.93 bits per heavy atom. The molecule has 2 heterocycles. The monoisotopic (exact) mass is 378 g/mol. The molecular formula is C19H14N4O3S. The van der Waals surface area contributed by atoms with Gasteiger partial charge < -0.3 is 14.8 Å². The third kappa shape index (κ3) is 3.47. The minimum Gasteiger partial charge on any atom is -0.497 e. The van der Waals surface area contributed by atoms with E-state index in [1.165, 1.54) is 0 Å². The minimum atomic E-state index is -1.06. The number of hydrogen-bond donors (Lipinski definition) is 2. The fraction of sp³-hybridized carbons (Fsp3) is 0.0526. The summed E-state index contributed by atoms with van der Waals surface area (Å²) in [5.41, 5.74) is 2.87. The van der Waals surface area contributed by atoms with Crippen LogP contribution in [0.25, 0.3) is 28.1 Å². The number of fused-ring (bicyclic) bond motifs is 3. The molecule has 0 amide bonds. The minimum absolute atomic E-state index is 0.0948. The Hall–Kier alpha value is -3.39. The van der Waals surface area contributed by atoms with Gasteiger partial charge in [0, 0.05) is 10.9 Å². The van der Waals surface area contributed by atoms with E-state index in [-0.39, 0.29) is 10.1 Å². The first kappa shape index (κ1) is 17.0. The van der Waals surface area contributed by atoms with Gasteiger partial charge in [-0.05, 0) is 41.6 Å². The molecule has 0 unspecified atom stereocenters. The molecule has 0 atom stereocenters. The number of methoxy groups -OCH3 is 1. The number of H-pyrrole nitrogens is 1. The fourth-order valence-electron chi connectivity index (χ4n) is 2.63. The second-order valence-electron chi connectivity index (χ2n) is 5.65. The molecule has 2 aromatic carbocycles. The number of rotatable bonds is 5. The molecule has 0 radical (unpaired) electrons. The molecule has 0 bridgehead atoms. The van der Waals surface area contributed by atoms with Gasteiger partial charge in [-0.15, -0.1) is 10.2 Å². The Bertz CT molecular complexity index is 1170.